The monoisotopic (exact) mass is 413 g/mol. The third-order valence-electron chi connectivity index (χ3n) is 5.47. The van der Waals surface area contributed by atoms with Gasteiger partial charge in [0.2, 0.25) is 0 Å². The average Bonchev–Trinajstić information content (AvgIpc) is 3.08. The van der Waals surface area contributed by atoms with Crippen LogP contribution < -0.4 is 15.9 Å². The predicted octanol–water partition coefficient (Wildman–Crippen LogP) is 1.73. The number of aliphatic imine (C=N–C) groups is 1. The van der Waals surface area contributed by atoms with Gasteiger partial charge in [-0.25, -0.2) is 0 Å². The quantitative estimate of drug-likeness (QED) is 0.686. The van der Waals surface area contributed by atoms with Gasteiger partial charge in [-0.15, -0.1) is 0 Å². The van der Waals surface area contributed by atoms with Crippen molar-refractivity contribution >= 4 is 44.9 Å². The number of hydrogen-bond acceptors (Lipinski definition) is 6. The van der Waals surface area contributed by atoms with Crippen LogP contribution >= 0.6 is 15.9 Å². The molecule has 0 bridgehead atoms. The molecule has 132 valence electrons. The van der Waals surface area contributed by atoms with Crippen molar-refractivity contribution in [3.63, 3.8) is 0 Å². The number of ether oxygens (including phenoxy) is 1. The Kier molecular flexibility index (Phi) is 3.30. The molecule has 3 heterocycles. The molecular formula is C19H16BrN3O3. The second kappa shape index (κ2) is 5.37. The number of benzene rings is 1. The van der Waals surface area contributed by atoms with E-state index in [4.69, 9.17) is 9.73 Å². The second-order valence-electron chi connectivity index (χ2n) is 6.89. The van der Waals surface area contributed by atoms with Crippen molar-refractivity contribution in [3.05, 3.63) is 38.8 Å². The fourth-order valence-electron chi connectivity index (χ4n) is 4.27. The Morgan fingerprint density at radius 1 is 1.46 bits per heavy atom. The molecule has 2 atom stereocenters. The number of rotatable bonds is 1. The molecule has 1 spiro atoms. The van der Waals surface area contributed by atoms with Crippen molar-refractivity contribution in [2.75, 3.05) is 19.0 Å². The highest BCUT2D eigenvalue weighted by Gasteiger charge is 2.43. The van der Waals surface area contributed by atoms with Crippen molar-refractivity contribution in [2.45, 2.75) is 24.5 Å². The van der Waals surface area contributed by atoms with E-state index in [1.807, 2.05) is 18.4 Å². The number of aromatic hydroxyl groups is 1. The summed E-state index contributed by atoms with van der Waals surface area (Å²) >= 11 is 3.39. The Balaban J connectivity index is 1.92. The molecule has 0 radical (unpaired) electrons. The Morgan fingerprint density at radius 3 is 3.08 bits per heavy atom. The lowest BCUT2D eigenvalue weighted by molar-refractivity contribution is -0.110. The minimum atomic E-state index is -0.593. The molecule has 4 aliphatic rings. The maximum atomic E-state index is 12.0. The molecule has 5 rings (SSSR count). The lowest BCUT2D eigenvalue weighted by Crippen LogP contribution is -2.47. The zero-order chi connectivity index (χ0) is 18.1. The van der Waals surface area contributed by atoms with E-state index >= 15 is 0 Å². The van der Waals surface area contributed by atoms with Crippen LogP contribution in [-0.2, 0) is 14.9 Å². The molecular weight excluding hydrogens is 398 g/mol. The zero-order valence-corrected chi connectivity index (χ0v) is 15.6. The predicted molar refractivity (Wildman–Crippen MR) is 102 cm³/mol. The van der Waals surface area contributed by atoms with E-state index in [9.17, 15) is 9.90 Å². The SMILES string of the molecule is COC1CC2(C=CC(=O)C(Br)=C2)c2c(c(O)c3c4c2=NCCC=4C=N3)N1. The minimum absolute atomic E-state index is 0.0729. The van der Waals surface area contributed by atoms with E-state index in [1.165, 1.54) is 0 Å². The van der Waals surface area contributed by atoms with Gasteiger partial charge in [0.15, 0.2) is 11.5 Å². The summed E-state index contributed by atoms with van der Waals surface area (Å²) in [7, 11) is 1.62. The molecule has 0 aromatic heterocycles. The summed E-state index contributed by atoms with van der Waals surface area (Å²) in [6, 6.07) is 0. The van der Waals surface area contributed by atoms with Gasteiger partial charge in [-0.05, 0) is 34.0 Å². The van der Waals surface area contributed by atoms with E-state index < -0.39 is 5.41 Å². The molecule has 1 aromatic rings. The lowest BCUT2D eigenvalue weighted by atomic mass is 9.70. The van der Waals surface area contributed by atoms with Gasteiger partial charge < -0.3 is 15.2 Å². The van der Waals surface area contributed by atoms with Crippen molar-refractivity contribution < 1.29 is 14.6 Å². The molecule has 1 aliphatic carbocycles. The van der Waals surface area contributed by atoms with Gasteiger partial charge >= 0.3 is 0 Å². The van der Waals surface area contributed by atoms with E-state index in [1.54, 1.807) is 13.2 Å². The van der Waals surface area contributed by atoms with Crippen molar-refractivity contribution in [1.82, 2.24) is 0 Å². The van der Waals surface area contributed by atoms with Crippen LogP contribution in [0.4, 0.5) is 11.4 Å². The van der Waals surface area contributed by atoms with E-state index in [0.717, 1.165) is 28.1 Å². The number of phenolic OH excluding ortho intramolecular Hbond substituents is 1. The zero-order valence-electron chi connectivity index (χ0n) is 14.0. The number of methoxy groups -OCH3 is 1. The maximum Gasteiger partial charge on any atom is 0.192 e. The molecule has 2 N–H and O–H groups in total. The number of phenols is 1. The standard InChI is InChI=1S/C19H16BrN3O3/c1-26-12-7-19(4-2-11(24)10(20)6-19)14-15-13-9(3-5-21-15)8-22-16(13)18(25)17(14)23-12/h2,4,6,8,12,23,25H,3,5,7H2,1H3. The number of nitrogens with one attached hydrogen (secondary N) is 1. The van der Waals surface area contributed by atoms with Gasteiger partial charge in [0, 0.05) is 42.5 Å². The van der Waals surface area contributed by atoms with Crippen LogP contribution in [0.5, 0.6) is 5.75 Å². The Morgan fingerprint density at radius 2 is 2.31 bits per heavy atom. The molecule has 0 amide bonds. The van der Waals surface area contributed by atoms with Crippen LogP contribution in [0.2, 0.25) is 0 Å². The summed E-state index contributed by atoms with van der Waals surface area (Å²) in [5, 5.41) is 16.0. The van der Waals surface area contributed by atoms with Crippen LogP contribution in [0.15, 0.2) is 32.7 Å². The molecule has 1 aromatic carbocycles. The summed E-state index contributed by atoms with van der Waals surface area (Å²) in [5.41, 5.74) is 2.54. The number of carbonyl (C=O) groups excluding carboxylic acids is 1. The number of ketones is 1. The number of carbonyl (C=O) groups is 1. The van der Waals surface area contributed by atoms with Gasteiger partial charge in [0.1, 0.15) is 11.9 Å². The lowest BCUT2D eigenvalue weighted by Gasteiger charge is -2.41. The molecule has 0 saturated heterocycles. The number of allylic oxidation sites excluding steroid dienone is 4. The number of hydrogen-bond donors (Lipinski definition) is 2. The first-order valence-electron chi connectivity index (χ1n) is 8.46. The van der Waals surface area contributed by atoms with E-state index in [-0.39, 0.29) is 17.8 Å². The molecule has 0 fully saturated rings. The summed E-state index contributed by atoms with van der Waals surface area (Å²) in [6.07, 6.45) is 8.29. The fourth-order valence-corrected chi connectivity index (χ4v) is 4.81. The molecule has 0 saturated carbocycles. The number of anilines is 1. The summed E-state index contributed by atoms with van der Waals surface area (Å²) < 4.78 is 6.07. The summed E-state index contributed by atoms with van der Waals surface area (Å²) in [6.45, 7) is 0.683. The van der Waals surface area contributed by atoms with Crippen LogP contribution in [0, 0.1) is 0 Å². The number of fused-ring (bicyclic) bond motifs is 3. The Bertz CT molecular complexity index is 1090. The first kappa shape index (κ1) is 16.0. The third kappa shape index (κ3) is 1.98. The topological polar surface area (TPSA) is 83.3 Å². The Hall–Kier alpha value is -2.25. The molecule has 6 nitrogen and oxygen atoms in total. The van der Waals surface area contributed by atoms with Crippen LogP contribution in [0.25, 0.3) is 5.57 Å². The van der Waals surface area contributed by atoms with Gasteiger partial charge in [0.05, 0.1) is 15.5 Å². The van der Waals surface area contributed by atoms with Crippen LogP contribution in [0.3, 0.4) is 0 Å². The first-order valence-corrected chi connectivity index (χ1v) is 9.26. The highest BCUT2D eigenvalue weighted by molar-refractivity contribution is 9.12. The third-order valence-corrected chi connectivity index (χ3v) is 6.09. The normalized spacial score (nSPS) is 27.8. The summed E-state index contributed by atoms with van der Waals surface area (Å²) in [4.78, 5) is 21.2. The van der Waals surface area contributed by atoms with Crippen molar-refractivity contribution in [1.29, 1.82) is 0 Å². The van der Waals surface area contributed by atoms with E-state index in [0.29, 0.717) is 28.8 Å². The first-order chi connectivity index (χ1) is 12.5. The molecule has 7 heteroatoms. The molecule has 3 aliphatic heterocycles. The highest BCUT2D eigenvalue weighted by atomic mass is 79.9. The van der Waals surface area contributed by atoms with Gasteiger partial charge in [0.25, 0.3) is 0 Å². The maximum absolute atomic E-state index is 12.0. The van der Waals surface area contributed by atoms with Crippen molar-refractivity contribution in [3.8, 4) is 5.75 Å². The van der Waals surface area contributed by atoms with Gasteiger partial charge in [-0.1, -0.05) is 12.2 Å². The van der Waals surface area contributed by atoms with Crippen LogP contribution in [0.1, 0.15) is 18.4 Å². The number of halogens is 1. The average molecular weight is 414 g/mol. The Labute approximate surface area is 157 Å². The largest absolute Gasteiger partial charge is 0.504 e. The molecule has 2 unspecified atom stereocenters. The molecule has 26 heavy (non-hydrogen) atoms. The van der Waals surface area contributed by atoms with Gasteiger partial charge in [-0.3, -0.25) is 14.8 Å². The fraction of sp³-hybridized carbons (Fsp3) is 0.316. The smallest absolute Gasteiger partial charge is 0.192 e. The van der Waals surface area contributed by atoms with E-state index in [2.05, 4.69) is 26.2 Å². The second-order valence-corrected chi connectivity index (χ2v) is 7.74. The van der Waals surface area contributed by atoms with Gasteiger partial charge in [-0.2, -0.15) is 0 Å². The highest BCUT2D eigenvalue weighted by Crippen LogP contribution is 2.48. The van der Waals surface area contributed by atoms with Crippen LogP contribution in [-0.4, -0.2) is 37.0 Å². The minimum Gasteiger partial charge on any atom is -0.504 e. The van der Waals surface area contributed by atoms with Crippen molar-refractivity contribution in [2.24, 2.45) is 9.98 Å². The number of nitrogens with zero attached hydrogens (tertiary/aromatic N) is 2. The summed E-state index contributed by atoms with van der Waals surface area (Å²) in [5.74, 6) is 0.0364.